The zero-order chi connectivity index (χ0) is 24.2. The van der Waals surface area contributed by atoms with E-state index in [2.05, 4.69) is 26.8 Å². The number of rotatable bonds is 6. The van der Waals surface area contributed by atoms with Gasteiger partial charge in [-0.1, -0.05) is 66.2 Å². The van der Waals surface area contributed by atoms with Crippen LogP contribution in [-0.2, 0) is 4.79 Å². The molecule has 0 radical (unpaired) electrons. The summed E-state index contributed by atoms with van der Waals surface area (Å²) in [7, 11) is 1.61. The number of nitrogens with one attached hydrogen (secondary N) is 2. The summed E-state index contributed by atoms with van der Waals surface area (Å²) in [4.78, 5) is 17.1. The molecule has 2 N–H and O–H groups in total. The molecule has 1 aliphatic rings. The monoisotopic (exact) mass is 483 g/mol. The van der Waals surface area contributed by atoms with Crippen LogP contribution in [0.25, 0.3) is 11.8 Å². The molecule has 1 aliphatic heterocycles. The van der Waals surface area contributed by atoms with Gasteiger partial charge in [-0.2, -0.15) is 4.98 Å². The number of fused-ring (bicyclic) bond motifs is 1. The third kappa shape index (κ3) is 5.10. The zero-order valence-corrected chi connectivity index (χ0v) is 19.6. The average Bonchev–Trinajstić information content (AvgIpc) is 3.30. The molecule has 1 amide bonds. The lowest BCUT2D eigenvalue weighted by molar-refractivity contribution is -0.111. The highest BCUT2D eigenvalue weighted by molar-refractivity contribution is 6.30. The zero-order valence-electron chi connectivity index (χ0n) is 18.9. The van der Waals surface area contributed by atoms with E-state index < -0.39 is 0 Å². The maximum atomic E-state index is 12.5. The number of anilines is 2. The number of allylic oxidation sites excluding steroid dienone is 1. The van der Waals surface area contributed by atoms with E-state index in [1.165, 1.54) is 6.08 Å². The summed E-state index contributed by atoms with van der Waals surface area (Å²) in [6.07, 6.45) is 5.24. The summed E-state index contributed by atoms with van der Waals surface area (Å²) in [6, 6.07) is 24.8. The second-order valence-corrected chi connectivity index (χ2v) is 8.30. The van der Waals surface area contributed by atoms with Crippen molar-refractivity contribution in [2.24, 2.45) is 0 Å². The van der Waals surface area contributed by atoms with E-state index in [4.69, 9.17) is 16.3 Å². The van der Waals surface area contributed by atoms with Gasteiger partial charge in [0.25, 0.3) is 11.9 Å². The van der Waals surface area contributed by atoms with E-state index in [1.54, 1.807) is 17.9 Å². The minimum Gasteiger partial charge on any atom is -0.497 e. The van der Waals surface area contributed by atoms with Crippen molar-refractivity contribution in [2.75, 3.05) is 17.7 Å². The van der Waals surface area contributed by atoms with Crippen molar-refractivity contribution in [3.63, 3.8) is 0 Å². The number of nitrogens with zero attached hydrogens (tertiary/aromatic N) is 3. The van der Waals surface area contributed by atoms with E-state index in [0.29, 0.717) is 11.0 Å². The Morgan fingerprint density at radius 2 is 1.80 bits per heavy atom. The fraction of sp³-hybridized carbons (Fsp3) is 0.0741. The smallest absolute Gasteiger partial charge is 0.250 e. The normalized spacial score (nSPS) is 14.7. The van der Waals surface area contributed by atoms with Crippen molar-refractivity contribution in [1.82, 2.24) is 14.8 Å². The first kappa shape index (κ1) is 22.4. The molecule has 4 aromatic rings. The van der Waals surface area contributed by atoms with Crippen LogP contribution in [0.5, 0.6) is 5.75 Å². The lowest BCUT2D eigenvalue weighted by Gasteiger charge is -2.24. The first-order chi connectivity index (χ1) is 17.1. The molecule has 3 aromatic carbocycles. The third-order valence-corrected chi connectivity index (χ3v) is 5.79. The van der Waals surface area contributed by atoms with Gasteiger partial charge in [-0.15, -0.1) is 5.10 Å². The number of halogens is 1. The highest BCUT2D eigenvalue weighted by Gasteiger charge is 2.25. The molecule has 0 bridgehead atoms. The van der Waals surface area contributed by atoms with Crippen LogP contribution < -0.4 is 15.4 Å². The average molecular weight is 484 g/mol. The molecule has 0 saturated heterocycles. The fourth-order valence-electron chi connectivity index (χ4n) is 3.77. The summed E-state index contributed by atoms with van der Waals surface area (Å²) in [5.41, 5.74) is 3.77. The number of methoxy groups -OCH3 is 1. The highest BCUT2D eigenvalue weighted by Crippen LogP contribution is 2.33. The second-order valence-electron chi connectivity index (χ2n) is 7.87. The van der Waals surface area contributed by atoms with Crippen molar-refractivity contribution >= 4 is 41.2 Å². The summed E-state index contributed by atoms with van der Waals surface area (Å²) in [5, 5.41) is 11.3. The van der Waals surface area contributed by atoms with Crippen molar-refractivity contribution < 1.29 is 9.53 Å². The van der Waals surface area contributed by atoms with Crippen LogP contribution in [0.1, 0.15) is 22.7 Å². The molecule has 5 rings (SSSR count). The molecule has 0 fully saturated rings. The Kier molecular flexibility index (Phi) is 6.32. The number of aromatic nitrogens is 3. The van der Waals surface area contributed by atoms with Crippen molar-refractivity contribution in [3.05, 3.63) is 113 Å². The van der Waals surface area contributed by atoms with Crippen LogP contribution in [0.4, 0.5) is 11.9 Å². The molecule has 0 spiro atoms. The van der Waals surface area contributed by atoms with E-state index in [9.17, 15) is 4.79 Å². The lowest BCUT2D eigenvalue weighted by Crippen LogP contribution is -2.20. The van der Waals surface area contributed by atoms with Crippen LogP contribution in [0.15, 0.2) is 91.0 Å². The fourth-order valence-corrected chi connectivity index (χ4v) is 3.90. The van der Waals surface area contributed by atoms with Gasteiger partial charge in [0.15, 0.2) is 0 Å². The van der Waals surface area contributed by atoms with Gasteiger partial charge in [-0.05, 0) is 53.1 Å². The maximum Gasteiger partial charge on any atom is 0.250 e. The van der Waals surface area contributed by atoms with Gasteiger partial charge < -0.3 is 10.1 Å². The van der Waals surface area contributed by atoms with Gasteiger partial charge in [0.2, 0.25) is 5.95 Å². The highest BCUT2D eigenvalue weighted by atomic mass is 35.5. The Bertz CT molecular complexity index is 1390. The second kappa shape index (κ2) is 9.87. The van der Waals surface area contributed by atoms with Crippen LogP contribution in [0, 0.1) is 0 Å². The molecular formula is C27H22ClN5O2. The topological polar surface area (TPSA) is 81.1 Å². The van der Waals surface area contributed by atoms with Crippen molar-refractivity contribution in [2.45, 2.75) is 6.04 Å². The van der Waals surface area contributed by atoms with Crippen LogP contribution in [0.3, 0.4) is 0 Å². The van der Waals surface area contributed by atoms with Gasteiger partial charge in [-0.3, -0.25) is 10.1 Å². The minimum absolute atomic E-state index is 0.203. The molecule has 35 heavy (non-hydrogen) atoms. The summed E-state index contributed by atoms with van der Waals surface area (Å²) in [6.45, 7) is 0. The quantitative estimate of drug-likeness (QED) is 0.346. The number of benzene rings is 3. The van der Waals surface area contributed by atoms with Gasteiger partial charge in [-0.25, -0.2) is 4.68 Å². The molecule has 0 saturated carbocycles. The van der Waals surface area contributed by atoms with E-state index in [1.807, 2.05) is 78.9 Å². The van der Waals surface area contributed by atoms with Crippen molar-refractivity contribution in [1.29, 1.82) is 0 Å². The standard InChI is InChI=1S/C27H22ClN5O2/c1-35-22-14-7-18(8-15-22)9-16-25(34)30-26-31-27-29-23(19-10-12-21(28)13-11-19)17-24(33(27)32-26)20-5-3-2-4-6-20/h2-17,24H,1H3,(H2,29,30,31,32,34)/b16-9+/t24-/m1/s1. The molecule has 174 valence electrons. The number of ether oxygens (including phenoxy) is 1. The Labute approximate surface area is 207 Å². The lowest BCUT2D eigenvalue weighted by atomic mass is 10.0. The third-order valence-electron chi connectivity index (χ3n) is 5.54. The Hall–Kier alpha value is -4.36. The molecular weight excluding hydrogens is 462 g/mol. The van der Waals surface area contributed by atoms with Gasteiger partial charge in [0.05, 0.1) is 7.11 Å². The predicted molar refractivity (Wildman–Crippen MR) is 138 cm³/mol. The molecule has 7 nitrogen and oxygen atoms in total. The number of hydrogen-bond donors (Lipinski definition) is 2. The summed E-state index contributed by atoms with van der Waals surface area (Å²) < 4.78 is 6.92. The van der Waals surface area contributed by atoms with E-state index in [0.717, 1.165) is 28.1 Å². The predicted octanol–water partition coefficient (Wildman–Crippen LogP) is 5.65. The number of hydrogen-bond acceptors (Lipinski definition) is 5. The summed E-state index contributed by atoms with van der Waals surface area (Å²) in [5.74, 6) is 1.17. The van der Waals surface area contributed by atoms with Gasteiger partial charge in [0, 0.05) is 16.8 Å². The minimum atomic E-state index is -0.328. The van der Waals surface area contributed by atoms with Crippen LogP contribution in [-0.4, -0.2) is 27.8 Å². The number of amides is 1. The number of carbonyl (C=O) groups is 1. The molecule has 2 heterocycles. The molecule has 0 aliphatic carbocycles. The number of carbonyl (C=O) groups excluding carboxylic acids is 1. The van der Waals surface area contributed by atoms with Crippen LogP contribution in [0.2, 0.25) is 5.02 Å². The molecule has 1 aromatic heterocycles. The molecule has 1 atom stereocenters. The molecule has 8 heteroatoms. The van der Waals surface area contributed by atoms with Gasteiger partial charge in [0.1, 0.15) is 11.8 Å². The summed E-state index contributed by atoms with van der Waals surface area (Å²) >= 11 is 6.07. The first-order valence-corrected chi connectivity index (χ1v) is 11.4. The van der Waals surface area contributed by atoms with E-state index >= 15 is 0 Å². The maximum absolute atomic E-state index is 12.5. The Morgan fingerprint density at radius 1 is 1.06 bits per heavy atom. The first-order valence-electron chi connectivity index (χ1n) is 11.0. The Balaban J connectivity index is 1.39. The van der Waals surface area contributed by atoms with Crippen LogP contribution >= 0.6 is 11.6 Å². The van der Waals surface area contributed by atoms with Crippen molar-refractivity contribution in [3.8, 4) is 5.75 Å². The largest absolute Gasteiger partial charge is 0.497 e. The SMILES string of the molecule is COc1ccc(/C=C/C(=O)Nc2nc3n(n2)[C@@H](c2ccccc2)C=C(c2ccc(Cl)cc2)N3)cc1. The Morgan fingerprint density at radius 3 is 2.51 bits per heavy atom. The molecule has 0 unspecified atom stereocenters. The van der Waals surface area contributed by atoms with E-state index in [-0.39, 0.29) is 17.9 Å². The van der Waals surface area contributed by atoms with Gasteiger partial charge >= 0.3 is 0 Å².